The normalized spacial score (nSPS) is 15.9. The topological polar surface area (TPSA) is 54.4 Å². The number of carbonyl (C=O) groups is 1. The molecule has 0 radical (unpaired) electrons. The summed E-state index contributed by atoms with van der Waals surface area (Å²) < 4.78 is 12.2. The Hall–Kier alpha value is -1.16. The maximum absolute atomic E-state index is 12.2. The lowest BCUT2D eigenvalue weighted by molar-refractivity contribution is -0.136. The molecule has 0 heterocycles. The first-order chi connectivity index (χ1) is 8.56. The second kappa shape index (κ2) is 7.31. The van der Waals surface area contributed by atoms with Crippen molar-refractivity contribution in [3.63, 3.8) is 0 Å². The van der Waals surface area contributed by atoms with Crippen LogP contribution in [0.25, 0.3) is 0 Å². The first kappa shape index (κ1) is 14.9. The number of hydrogen-bond acceptors (Lipinski definition) is 2. The molecule has 100 valence electrons. The Morgan fingerprint density at radius 1 is 1.33 bits per heavy atom. The highest BCUT2D eigenvalue weighted by molar-refractivity contribution is 7.87. The minimum Gasteiger partial charge on any atom is -0.480 e. The van der Waals surface area contributed by atoms with Gasteiger partial charge in [0.1, 0.15) is 5.25 Å². The van der Waals surface area contributed by atoms with Gasteiger partial charge in [0.15, 0.2) is 0 Å². The van der Waals surface area contributed by atoms with Gasteiger partial charge in [-0.15, -0.1) is 0 Å². The van der Waals surface area contributed by atoms with Gasteiger partial charge in [0.2, 0.25) is 0 Å². The molecule has 18 heavy (non-hydrogen) atoms. The van der Waals surface area contributed by atoms with Crippen molar-refractivity contribution >= 4 is 16.8 Å². The van der Waals surface area contributed by atoms with Crippen molar-refractivity contribution < 1.29 is 14.1 Å². The summed E-state index contributed by atoms with van der Waals surface area (Å²) in [6, 6.07) is 9.37. The molecule has 0 amide bonds. The van der Waals surface area contributed by atoms with Crippen LogP contribution in [-0.4, -0.2) is 25.8 Å². The van der Waals surface area contributed by atoms with Crippen LogP contribution in [0.4, 0.5) is 0 Å². The SMILES string of the molecule is CCCC(C)S(=O)C(Cc1ccccc1)C(=O)O. The number of hydrogen-bond donors (Lipinski definition) is 1. The van der Waals surface area contributed by atoms with E-state index in [-0.39, 0.29) is 5.25 Å². The summed E-state index contributed by atoms with van der Waals surface area (Å²) in [6.45, 7) is 3.88. The summed E-state index contributed by atoms with van der Waals surface area (Å²) in [4.78, 5) is 11.3. The van der Waals surface area contributed by atoms with Gasteiger partial charge in [-0.3, -0.25) is 9.00 Å². The van der Waals surface area contributed by atoms with Crippen molar-refractivity contribution in [1.29, 1.82) is 0 Å². The van der Waals surface area contributed by atoms with Crippen LogP contribution < -0.4 is 0 Å². The third kappa shape index (κ3) is 4.26. The Morgan fingerprint density at radius 3 is 2.44 bits per heavy atom. The van der Waals surface area contributed by atoms with E-state index in [0.717, 1.165) is 18.4 Å². The van der Waals surface area contributed by atoms with E-state index in [1.54, 1.807) is 0 Å². The average molecular weight is 268 g/mol. The summed E-state index contributed by atoms with van der Waals surface area (Å²) in [5.74, 6) is -0.972. The van der Waals surface area contributed by atoms with Crippen molar-refractivity contribution in [1.82, 2.24) is 0 Å². The maximum atomic E-state index is 12.2. The van der Waals surface area contributed by atoms with Crippen molar-refractivity contribution in [2.45, 2.75) is 43.6 Å². The number of benzene rings is 1. The van der Waals surface area contributed by atoms with E-state index in [2.05, 4.69) is 0 Å². The molecular weight excluding hydrogens is 248 g/mol. The van der Waals surface area contributed by atoms with Gasteiger partial charge >= 0.3 is 5.97 Å². The Balaban J connectivity index is 2.77. The zero-order chi connectivity index (χ0) is 13.5. The third-order valence-corrected chi connectivity index (χ3v) is 4.87. The number of carboxylic acid groups (broad SMARTS) is 1. The minimum absolute atomic E-state index is 0.0696. The van der Waals surface area contributed by atoms with Gasteiger partial charge in [-0.25, -0.2) is 0 Å². The number of rotatable bonds is 7. The summed E-state index contributed by atoms with van der Waals surface area (Å²) >= 11 is 0. The fraction of sp³-hybridized carbons (Fsp3) is 0.500. The van der Waals surface area contributed by atoms with E-state index in [9.17, 15) is 14.1 Å². The van der Waals surface area contributed by atoms with Gasteiger partial charge in [0, 0.05) is 16.0 Å². The summed E-state index contributed by atoms with van der Waals surface area (Å²) in [5, 5.41) is 8.35. The number of carboxylic acids is 1. The second-order valence-corrected chi connectivity index (χ2v) is 6.48. The van der Waals surface area contributed by atoms with Crippen LogP contribution in [0.1, 0.15) is 32.3 Å². The monoisotopic (exact) mass is 268 g/mol. The Morgan fingerprint density at radius 2 is 1.94 bits per heavy atom. The largest absolute Gasteiger partial charge is 0.480 e. The molecule has 0 saturated carbocycles. The van der Waals surface area contributed by atoms with Crippen LogP contribution in [0.15, 0.2) is 30.3 Å². The molecule has 3 unspecified atom stereocenters. The molecule has 0 aliphatic rings. The lowest BCUT2D eigenvalue weighted by atomic mass is 10.1. The van der Waals surface area contributed by atoms with Gasteiger partial charge in [0.25, 0.3) is 0 Å². The zero-order valence-electron chi connectivity index (χ0n) is 10.8. The second-order valence-electron chi connectivity index (χ2n) is 4.44. The number of aliphatic carboxylic acids is 1. The van der Waals surface area contributed by atoms with Crippen LogP contribution in [0, 0.1) is 0 Å². The third-order valence-electron chi connectivity index (χ3n) is 2.91. The molecule has 0 aliphatic carbocycles. The van der Waals surface area contributed by atoms with E-state index in [0.29, 0.717) is 6.42 Å². The van der Waals surface area contributed by atoms with Crippen molar-refractivity contribution in [2.24, 2.45) is 0 Å². The Kier molecular flexibility index (Phi) is 6.05. The molecule has 0 bridgehead atoms. The van der Waals surface area contributed by atoms with Crippen molar-refractivity contribution in [2.75, 3.05) is 0 Å². The van der Waals surface area contributed by atoms with Crippen LogP contribution >= 0.6 is 0 Å². The highest BCUT2D eigenvalue weighted by Crippen LogP contribution is 2.15. The van der Waals surface area contributed by atoms with Gasteiger partial charge in [0.05, 0.1) is 0 Å². The summed E-state index contributed by atoms with van der Waals surface area (Å²) in [7, 11) is -1.33. The molecule has 1 aromatic carbocycles. The highest BCUT2D eigenvalue weighted by Gasteiger charge is 2.28. The Labute approximate surface area is 111 Å². The molecular formula is C14H20O3S. The average Bonchev–Trinajstić information content (AvgIpc) is 2.36. The Bertz CT molecular complexity index is 403. The van der Waals surface area contributed by atoms with Crippen LogP contribution in [-0.2, 0) is 22.0 Å². The van der Waals surface area contributed by atoms with Gasteiger partial charge in [-0.1, -0.05) is 50.6 Å². The first-order valence-electron chi connectivity index (χ1n) is 6.22. The predicted octanol–water partition coefficient (Wildman–Crippen LogP) is 2.62. The lowest BCUT2D eigenvalue weighted by Crippen LogP contribution is -2.33. The first-order valence-corrected chi connectivity index (χ1v) is 7.50. The molecule has 1 aromatic rings. The predicted molar refractivity (Wildman–Crippen MR) is 74.1 cm³/mol. The molecule has 0 aliphatic heterocycles. The molecule has 3 nitrogen and oxygen atoms in total. The molecule has 0 fully saturated rings. The fourth-order valence-electron chi connectivity index (χ4n) is 1.90. The van der Waals surface area contributed by atoms with E-state index >= 15 is 0 Å². The van der Waals surface area contributed by atoms with Crippen molar-refractivity contribution in [3.05, 3.63) is 35.9 Å². The van der Waals surface area contributed by atoms with Gasteiger partial charge < -0.3 is 5.11 Å². The van der Waals surface area contributed by atoms with Crippen LogP contribution in [0.2, 0.25) is 0 Å². The van der Waals surface area contributed by atoms with Gasteiger partial charge in [-0.05, 0) is 18.4 Å². The zero-order valence-corrected chi connectivity index (χ0v) is 11.7. The fourth-order valence-corrected chi connectivity index (χ4v) is 3.48. The molecule has 1 N–H and O–H groups in total. The summed E-state index contributed by atoms with van der Waals surface area (Å²) in [5.41, 5.74) is 0.918. The maximum Gasteiger partial charge on any atom is 0.319 e. The molecule has 0 saturated heterocycles. The standard InChI is InChI=1S/C14H20O3S/c1-3-7-11(2)18(17)13(14(15)16)10-12-8-5-4-6-9-12/h4-6,8-9,11,13H,3,7,10H2,1-2H3,(H,15,16). The lowest BCUT2D eigenvalue weighted by Gasteiger charge is -2.17. The van der Waals surface area contributed by atoms with Crippen molar-refractivity contribution in [3.8, 4) is 0 Å². The van der Waals surface area contributed by atoms with E-state index in [1.807, 2.05) is 44.2 Å². The van der Waals surface area contributed by atoms with Crippen LogP contribution in [0.3, 0.4) is 0 Å². The molecule has 0 aromatic heterocycles. The van der Waals surface area contributed by atoms with E-state index in [1.165, 1.54) is 0 Å². The van der Waals surface area contributed by atoms with Gasteiger partial charge in [-0.2, -0.15) is 0 Å². The highest BCUT2D eigenvalue weighted by atomic mass is 32.2. The summed E-state index contributed by atoms with van der Waals surface area (Å²) in [6.07, 6.45) is 2.05. The molecule has 0 spiro atoms. The smallest absolute Gasteiger partial charge is 0.319 e. The van der Waals surface area contributed by atoms with E-state index < -0.39 is 22.0 Å². The molecule has 4 heteroatoms. The van der Waals surface area contributed by atoms with Crippen LogP contribution in [0.5, 0.6) is 0 Å². The van der Waals surface area contributed by atoms with E-state index in [4.69, 9.17) is 0 Å². The molecule has 1 rings (SSSR count). The quantitative estimate of drug-likeness (QED) is 0.827. The molecule has 3 atom stereocenters. The minimum atomic E-state index is -1.33.